The van der Waals surface area contributed by atoms with Crippen LogP contribution < -0.4 is 10.6 Å². The molecule has 0 amide bonds. The van der Waals surface area contributed by atoms with Crippen LogP contribution in [0.4, 0.5) is 0 Å². The van der Waals surface area contributed by atoms with E-state index >= 15 is 0 Å². The first-order chi connectivity index (χ1) is 15.8. The Morgan fingerprint density at radius 3 is 2.42 bits per heavy atom. The number of carboxylic acids is 1. The van der Waals surface area contributed by atoms with Crippen molar-refractivity contribution >= 4 is 5.97 Å². The first-order valence-electron chi connectivity index (χ1n) is 14.5. The van der Waals surface area contributed by atoms with E-state index in [1.165, 1.54) is 83.7 Å². The van der Waals surface area contributed by atoms with Crippen LogP contribution in [0.3, 0.4) is 0 Å². The van der Waals surface area contributed by atoms with Crippen LogP contribution in [0.5, 0.6) is 0 Å². The zero-order valence-corrected chi connectivity index (χ0v) is 21.6. The molecule has 0 radical (unpaired) electrons. The van der Waals surface area contributed by atoms with Crippen LogP contribution in [0.1, 0.15) is 104 Å². The average molecular weight is 459 g/mol. The fourth-order valence-corrected chi connectivity index (χ4v) is 10.3. The van der Waals surface area contributed by atoms with Crippen molar-refractivity contribution in [3.8, 4) is 0 Å². The number of hydrogen-bond acceptors (Lipinski definition) is 3. The molecule has 0 aromatic heterocycles. The summed E-state index contributed by atoms with van der Waals surface area (Å²) in [6.45, 7) is 10.0. The monoisotopic (exact) mass is 458 g/mol. The van der Waals surface area contributed by atoms with Gasteiger partial charge in [-0.25, -0.2) is 0 Å². The highest BCUT2D eigenvalue weighted by atomic mass is 16.4. The lowest BCUT2D eigenvalue weighted by Gasteiger charge is -2.61. The van der Waals surface area contributed by atoms with E-state index in [1.807, 2.05) is 0 Å². The van der Waals surface area contributed by atoms with Gasteiger partial charge in [-0.2, -0.15) is 0 Å². The molecular weight excluding hydrogens is 408 g/mol. The number of piperidine rings is 1. The second-order valence-corrected chi connectivity index (χ2v) is 13.5. The fourth-order valence-electron chi connectivity index (χ4n) is 10.3. The zero-order valence-electron chi connectivity index (χ0n) is 21.6. The van der Waals surface area contributed by atoms with E-state index < -0.39 is 5.97 Å². The summed E-state index contributed by atoms with van der Waals surface area (Å²) < 4.78 is 0. The van der Waals surface area contributed by atoms with Crippen molar-refractivity contribution in [3.63, 3.8) is 0 Å². The van der Waals surface area contributed by atoms with Crippen molar-refractivity contribution in [1.82, 2.24) is 10.6 Å². The highest BCUT2D eigenvalue weighted by Crippen LogP contribution is 2.68. The van der Waals surface area contributed by atoms with Gasteiger partial charge in [0.25, 0.3) is 0 Å². The Bertz CT molecular complexity index is 706. The molecule has 5 aliphatic rings. The molecule has 9 atom stereocenters. The quantitative estimate of drug-likeness (QED) is 0.467. The Balaban J connectivity index is 1.24. The van der Waals surface area contributed by atoms with Crippen LogP contribution in [-0.2, 0) is 4.79 Å². The van der Waals surface area contributed by atoms with E-state index in [1.54, 1.807) is 0 Å². The number of nitrogens with one attached hydrogen (secondary N) is 2. The van der Waals surface area contributed by atoms with Gasteiger partial charge in [0.15, 0.2) is 0 Å². The summed E-state index contributed by atoms with van der Waals surface area (Å²) >= 11 is 0. The summed E-state index contributed by atoms with van der Waals surface area (Å²) in [5.74, 6) is 4.33. The molecule has 4 nitrogen and oxygen atoms in total. The van der Waals surface area contributed by atoms with Crippen molar-refractivity contribution < 1.29 is 9.90 Å². The second-order valence-electron chi connectivity index (χ2n) is 13.5. The summed E-state index contributed by atoms with van der Waals surface area (Å²) in [6, 6.07) is 1.49. The molecule has 4 aliphatic carbocycles. The van der Waals surface area contributed by atoms with E-state index in [2.05, 4.69) is 31.4 Å². The average Bonchev–Trinajstić information content (AvgIpc) is 3.16. The van der Waals surface area contributed by atoms with Gasteiger partial charge in [-0.15, -0.1) is 0 Å². The van der Waals surface area contributed by atoms with Gasteiger partial charge in [0.05, 0.1) is 0 Å². The topological polar surface area (TPSA) is 61.4 Å². The number of carbonyl (C=O) groups is 1. The predicted octanol–water partition coefficient (Wildman–Crippen LogP) is 5.86. The molecule has 1 saturated heterocycles. The van der Waals surface area contributed by atoms with Gasteiger partial charge in [0.1, 0.15) is 0 Å². The standard InChI is InChI=1S/C29H50N2O2/c1-19(4-9-27(32)33)24-7-8-25-23-6-5-20-18-22(31-21-12-16-30-17-13-21)10-14-28(20,2)26(23)11-15-29(24,25)3/h19-26,30-31H,4-18H2,1-3H3,(H,32,33)/t19-,20?,22-,23?,24+,25?,26?,28-,29+/m0/s1. The number of aliphatic carboxylic acids is 1. The Labute approximate surface area is 202 Å². The highest BCUT2D eigenvalue weighted by molar-refractivity contribution is 5.66. The van der Waals surface area contributed by atoms with Gasteiger partial charge in [0.2, 0.25) is 0 Å². The molecule has 1 heterocycles. The summed E-state index contributed by atoms with van der Waals surface area (Å²) in [6.07, 6.45) is 16.5. The predicted molar refractivity (Wildman–Crippen MR) is 134 cm³/mol. The molecule has 4 unspecified atom stereocenters. The van der Waals surface area contributed by atoms with Gasteiger partial charge >= 0.3 is 5.97 Å². The fraction of sp³-hybridized carbons (Fsp3) is 0.966. The van der Waals surface area contributed by atoms with Gasteiger partial charge in [-0.1, -0.05) is 20.8 Å². The highest BCUT2D eigenvalue weighted by Gasteiger charge is 2.60. The summed E-state index contributed by atoms with van der Waals surface area (Å²) in [5.41, 5.74) is 1.01. The van der Waals surface area contributed by atoms with Crippen LogP contribution in [0.25, 0.3) is 0 Å². The van der Waals surface area contributed by atoms with Crippen molar-refractivity contribution in [1.29, 1.82) is 0 Å². The Morgan fingerprint density at radius 1 is 0.939 bits per heavy atom. The maximum Gasteiger partial charge on any atom is 0.303 e. The summed E-state index contributed by atoms with van der Waals surface area (Å²) in [5, 5.41) is 16.8. The number of hydrogen-bond donors (Lipinski definition) is 3. The molecule has 4 saturated carbocycles. The van der Waals surface area contributed by atoms with Crippen LogP contribution in [-0.4, -0.2) is 36.2 Å². The molecule has 5 fully saturated rings. The minimum Gasteiger partial charge on any atom is -0.481 e. The van der Waals surface area contributed by atoms with Crippen molar-refractivity contribution in [2.24, 2.45) is 46.3 Å². The summed E-state index contributed by atoms with van der Waals surface area (Å²) in [7, 11) is 0. The van der Waals surface area contributed by atoms with Crippen molar-refractivity contribution in [3.05, 3.63) is 0 Å². The first kappa shape index (κ1) is 24.1. The maximum absolute atomic E-state index is 11.2. The Morgan fingerprint density at radius 2 is 1.67 bits per heavy atom. The van der Waals surface area contributed by atoms with Crippen LogP contribution in [0.15, 0.2) is 0 Å². The van der Waals surface area contributed by atoms with E-state index in [4.69, 9.17) is 0 Å². The lowest BCUT2D eigenvalue weighted by atomic mass is 9.44. The zero-order chi connectivity index (χ0) is 23.2. The second kappa shape index (κ2) is 9.45. The molecule has 33 heavy (non-hydrogen) atoms. The normalized spacial score (nSPS) is 46.8. The molecule has 4 heteroatoms. The van der Waals surface area contributed by atoms with Crippen molar-refractivity contribution in [2.45, 2.75) is 116 Å². The smallest absolute Gasteiger partial charge is 0.303 e. The van der Waals surface area contributed by atoms with Gasteiger partial charge in [0, 0.05) is 18.5 Å². The van der Waals surface area contributed by atoms with Gasteiger partial charge in [-0.05, 0) is 136 Å². The van der Waals surface area contributed by atoms with E-state index in [9.17, 15) is 9.90 Å². The Kier molecular flexibility index (Phi) is 6.90. The van der Waals surface area contributed by atoms with E-state index in [-0.39, 0.29) is 0 Å². The Hall–Kier alpha value is -0.610. The largest absolute Gasteiger partial charge is 0.481 e. The third kappa shape index (κ3) is 4.41. The SMILES string of the molecule is C[C@@H](CCC(=O)O)[C@H]1CCC2C3CCC4C[C@@H](NC5CCNCC5)CC[C@]4(C)C3CC[C@@]21C. The molecule has 0 bridgehead atoms. The summed E-state index contributed by atoms with van der Waals surface area (Å²) in [4.78, 5) is 11.2. The van der Waals surface area contributed by atoms with Crippen LogP contribution >= 0.6 is 0 Å². The first-order valence-corrected chi connectivity index (χ1v) is 14.5. The van der Waals surface area contributed by atoms with E-state index in [0.717, 1.165) is 48.1 Å². The molecule has 188 valence electrons. The number of fused-ring (bicyclic) bond motifs is 5. The van der Waals surface area contributed by atoms with E-state index in [0.29, 0.717) is 23.2 Å². The third-order valence-corrected chi connectivity index (χ3v) is 12.1. The lowest BCUT2D eigenvalue weighted by Crippen LogP contribution is -2.56. The lowest BCUT2D eigenvalue weighted by molar-refractivity contribution is -0.137. The molecule has 0 spiro atoms. The van der Waals surface area contributed by atoms with Gasteiger partial charge in [-0.3, -0.25) is 4.79 Å². The minimum atomic E-state index is -0.623. The number of rotatable bonds is 6. The van der Waals surface area contributed by atoms with Crippen LogP contribution in [0.2, 0.25) is 0 Å². The molecule has 0 aromatic carbocycles. The van der Waals surface area contributed by atoms with Crippen LogP contribution in [0, 0.1) is 46.3 Å². The number of carboxylic acid groups (broad SMARTS) is 1. The molecule has 0 aromatic rings. The molecular formula is C29H50N2O2. The van der Waals surface area contributed by atoms with Gasteiger partial charge < -0.3 is 15.7 Å². The third-order valence-electron chi connectivity index (χ3n) is 12.1. The van der Waals surface area contributed by atoms with Crippen molar-refractivity contribution in [2.75, 3.05) is 13.1 Å². The molecule has 1 aliphatic heterocycles. The molecule has 5 rings (SSSR count). The maximum atomic E-state index is 11.2. The minimum absolute atomic E-state index is 0.344. The molecule has 3 N–H and O–H groups in total.